The van der Waals surface area contributed by atoms with Crippen molar-refractivity contribution in [3.8, 4) is 17.1 Å². The summed E-state index contributed by atoms with van der Waals surface area (Å²) in [4.78, 5) is 25.7. The number of aromatic nitrogens is 3. The van der Waals surface area contributed by atoms with Crippen LogP contribution in [-0.4, -0.2) is 58.8 Å². The van der Waals surface area contributed by atoms with Gasteiger partial charge >= 0.3 is 6.03 Å². The van der Waals surface area contributed by atoms with Crippen molar-refractivity contribution in [1.82, 2.24) is 20.0 Å². The molecule has 9 nitrogen and oxygen atoms in total. The number of carbonyl (C=O) groups is 1. The summed E-state index contributed by atoms with van der Waals surface area (Å²) in [5, 5.41) is 6.99. The van der Waals surface area contributed by atoms with Gasteiger partial charge in [-0.25, -0.2) is 9.78 Å². The van der Waals surface area contributed by atoms with Crippen molar-refractivity contribution in [2.24, 2.45) is 0 Å². The minimum absolute atomic E-state index is 0.127. The first-order valence-electron chi connectivity index (χ1n) is 10.9. The number of nitrogens with zero attached hydrogens (tertiary/aromatic N) is 5. The molecule has 1 aromatic carbocycles. The largest absolute Gasteiger partial charge is 0.492 e. The van der Waals surface area contributed by atoms with Gasteiger partial charge in [-0.3, -0.25) is 0 Å². The Morgan fingerprint density at radius 3 is 2.59 bits per heavy atom. The summed E-state index contributed by atoms with van der Waals surface area (Å²) in [5.41, 5.74) is 1.50. The van der Waals surface area contributed by atoms with Crippen LogP contribution in [0.4, 0.5) is 16.3 Å². The van der Waals surface area contributed by atoms with Crippen molar-refractivity contribution in [3.63, 3.8) is 0 Å². The molecule has 2 amide bonds. The van der Waals surface area contributed by atoms with E-state index in [-0.39, 0.29) is 11.9 Å². The van der Waals surface area contributed by atoms with E-state index in [1.165, 1.54) is 0 Å². The molecule has 1 aliphatic heterocycles. The molecular formula is C23H28N6O3. The summed E-state index contributed by atoms with van der Waals surface area (Å²) in [6.45, 7) is 9.10. The topological polar surface area (TPSA) is 96.6 Å². The van der Waals surface area contributed by atoms with Crippen molar-refractivity contribution >= 4 is 17.5 Å². The second kappa shape index (κ2) is 9.67. The minimum atomic E-state index is -0.127. The van der Waals surface area contributed by atoms with Gasteiger partial charge in [0.2, 0.25) is 11.7 Å². The Kier molecular flexibility index (Phi) is 6.53. The molecule has 0 atom stereocenters. The van der Waals surface area contributed by atoms with Gasteiger partial charge in [0.25, 0.3) is 0 Å². The van der Waals surface area contributed by atoms with Gasteiger partial charge in [-0.15, -0.1) is 0 Å². The highest BCUT2D eigenvalue weighted by atomic mass is 16.5. The third-order valence-corrected chi connectivity index (χ3v) is 5.26. The lowest BCUT2D eigenvalue weighted by molar-refractivity contribution is 0.208. The first-order chi connectivity index (χ1) is 15.5. The Hall–Kier alpha value is -3.62. The number of pyridine rings is 1. The summed E-state index contributed by atoms with van der Waals surface area (Å²) in [6, 6.07) is 11.2. The third-order valence-electron chi connectivity index (χ3n) is 5.26. The Morgan fingerprint density at radius 2 is 1.94 bits per heavy atom. The zero-order valence-electron chi connectivity index (χ0n) is 18.6. The lowest BCUT2D eigenvalue weighted by atomic mass is 10.2. The molecule has 4 rings (SSSR count). The number of carbonyl (C=O) groups excluding carboxylic acids is 1. The predicted octanol–water partition coefficient (Wildman–Crippen LogP) is 4.01. The normalized spacial score (nSPS) is 14.0. The molecule has 0 radical (unpaired) electrons. The molecule has 32 heavy (non-hydrogen) atoms. The summed E-state index contributed by atoms with van der Waals surface area (Å²) in [7, 11) is 0. The van der Waals surface area contributed by atoms with Gasteiger partial charge in [-0.05, 0) is 31.2 Å². The number of anilines is 2. The van der Waals surface area contributed by atoms with Crippen molar-refractivity contribution in [2.45, 2.75) is 26.7 Å². The van der Waals surface area contributed by atoms with Gasteiger partial charge in [0, 0.05) is 43.9 Å². The number of hydrogen-bond acceptors (Lipinski definition) is 7. The fourth-order valence-corrected chi connectivity index (χ4v) is 3.48. The maximum absolute atomic E-state index is 12.7. The van der Waals surface area contributed by atoms with E-state index in [4.69, 9.17) is 9.26 Å². The number of benzene rings is 1. The Balaban J connectivity index is 1.34. The van der Waals surface area contributed by atoms with Crippen LogP contribution in [0.25, 0.3) is 11.4 Å². The second-order valence-corrected chi connectivity index (χ2v) is 7.85. The minimum Gasteiger partial charge on any atom is -0.492 e. The van der Waals surface area contributed by atoms with E-state index < -0.39 is 0 Å². The van der Waals surface area contributed by atoms with Crippen LogP contribution in [0.3, 0.4) is 0 Å². The number of urea groups is 1. The monoisotopic (exact) mass is 436 g/mol. The number of nitrogens with one attached hydrogen (secondary N) is 1. The molecule has 3 heterocycles. The van der Waals surface area contributed by atoms with Gasteiger partial charge in [0.05, 0.1) is 12.3 Å². The zero-order valence-corrected chi connectivity index (χ0v) is 18.6. The predicted molar refractivity (Wildman–Crippen MR) is 122 cm³/mol. The lowest BCUT2D eigenvalue weighted by Crippen LogP contribution is -2.50. The highest BCUT2D eigenvalue weighted by molar-refractivity contribution is 5.91. The average molecular weight is 437 g/mol. The highest BCUT2D eigenvalue weighted by Crippen LogP contribution is 2.25. The Morgan fingerprint density at radius 1 is 1.16 bits per heavy atom. The molecule has 9 heteroatoms. The third kappa shape index (κ3) is 4.82. The van der Waals surface area contributed by atoms with Crippen LogP contribution in [-0.2, 0) is 0 Å². The molecule has 2 aromatic heterocycles. The number of piperazine rings is 1. The van der Waals surface area contributed by atoms with Crippen LogP contribution < -0.4 is 15.0 Å². The van der Waals surface area contributed by atoms with E-state index in [0.29, 0.717) is 55.9 Å². The average Bonchev–Trinajstić information content (AvgIpc) is 3.32. The highest BCUT2D eigenvalue weighted by Gasteiger charge is 2.23. The van der Waals surface area contributed by atoms with Crippen LogP contribution >= 0.6 is 0 Å². The molecule has 0 unspecified atom stereocenters. The first-order valence-corrected chi connectivity index (χ1v) is 10.9. The van der Waals surface area contributed by atoms with Crippen molar-refractivity contribution < 1.29 is 14.1 Å². The summed E-state index contributed by atoms with van der Waals surface area (Å²) >= 11 is 0. The molecule has 0 bridgehead atoms. The smallest absolute Gasteiger partial charge is 0.322 e. The molecule has 1 N–H and O–H groups in total. The molecule has 168 valence electrons. The molecule has 1 fully saturated rings. The molecule has 0 aliphatic carbocycles. The fraction of sp³-hybridized carbons (Fsp3) is 0.391. The van der Waals surface area contributed by atoms with E-state index in [0.717, 1.165) is 11.4 Å². The van der Waals surface area contributed by atoms with E-state index in [1.54, 1.807) is 11.1 Å². The summed E-state index contributed by atoms with van der Waals surface area (Å²) in [5.74, 6) is 2.88. The molecule has 0 spiro atoms. The number of amides is 2. The maximum atomic E-state index is 12.7. The standard InChI is InChI=1S/C23H28N6O3/c1-4-31-19-8-6-5-7-18(19)25-23(30)29-13-11-28(12-14-29)20-10-9-17(15-24-20)21-26-22(16(2)3)32-27-21/h5-10,15-16H,4,11-14H2,1-3H3,(H,25,30). The van der Waals surface area contributed by atoms with Crippen LogP contribution in [0.5, 0.6) is 5.75 Å². The molecule has 3 aromatic rings. The molecule has 1 aliphatic rings. The van der Waals surface area contributed by atoms with Gasteiger partial charge in [0.1, 0.15) is 11.6 Å². The van der Waals surface area contributed by atoms with Gasteiger partial charge in [-0.2, -0.15) is 4.98 Å². The van der Waals surface area contributed by atoms with Crippen molar-refractivity contribution in [1.29, 1.82) is 0 Å². The number of ether oxygens (including phenoxy) is 1. The van der Waals surface area contributed by atoms with E-state index in [2.05, 4.69) is 25.3 Å². The Labute approximate surface area is 187 Å². The summed E-state index contributed by atoms with van der Waals surface area (Å²) < 4.78 is 10.9. The Bertz CT molecular complexity index is 1040. The quantitative estimate of drug-likeness (QED) is 0.624. The zero-order chi connectivity index (χ0) is 22.5. The maximum Gasteiger partial charge on any atom is 0.322 e. The molecule has 0 saturated carbocycles. The van der Waals surface area contributed by atoms with Crippen LogP contribution in [0.2, 0.25) is 0 Å². The SMILES string of the molecule is CCOc1ccccc1NC(=O)N1CCN(c2ccc(-c3noc(C(C)C)n3)cn2)CC1. The first kappa shape index (κ1) is 21.6. The second-order valence-electron chi connectivity index (χ2n) is 7.85. The molecular weight excluding hydrogens is 408 g/mol. The van der Waals surface area contributed by atoms with Crippen molar-refractivity contribution in [2.75, 3.05) is 43.0 Å². The van der Waals surface area contributed by atoms with E-state index in [9.17, 15) is 4.79 Å². The van der Waals surface area contributed by atoms with Gasteiger partial charge in [0.15, 0.2) is 0 Å². The van der Waals surface area contributed by atoms with Crippen LogP contribution in [0, 0.1) is 0 Å². The lowest BCUT2D eigenvalue weighted by Gasteiger charge is -2.35. The van der Waals surface area contributed by atoms with E-state index >= 15 is 0 Å². The number of para-hydroxylation sites is 2. The fourth-order valence-electron chi connectivity index (χ4n) is 3.48. The van der Waals surface area contributed by atoms with Gasteiger partial charge in [-0.1, -0.05) is 31.1 Å². The number of hydrogen-bond donors (Lipinski definition) is 1. The number of rotatable bonds is 6. The molecule has 1 saturated heterocycles. The summed E-state index contributed by atoms with van der Waals surface area (Å²) in [6.07, 6.45) is 1.76. The van der Waals surface area contributed by atoms with E-state index in [1.807, 2.05) is 57.2 Å². The van der Waals surface area contributed by atoms with Crippen LogP contribution in [0.15, 0.2) is 47.1 Å². The van der Waals surface area contributed by atoms with Crippen molar-refractivity contribution in [3.05, 3.63) is 48.5 Å². The van der Waals surface area contributed by atoms with Crippen LogP contribution in [0.1, 0.15) is 32.6 Å². The van der Waals surface area contributed by atoms with Gasteiger partial charge < -0.3 is 24.4 Å².